The van der Waals surface area contributed by atoms with E-state index in [1.165, 1.54) is 14.2 Å². The Morgan fingerprint density at radius 3 is 2.45 bits per heavy atom. The summed E-state index contributed by atoms with van der Waals surface area (Å²) in [5.74, 6) is -1.67. The van der Waals surface area contributed by atoms with E-state index < -0.39 is 23.0 Å². The van der Waals surface area contributed by atoms with E-state index in [4.69, 9.17) is 32.7 Å². The maximum atomic E-state index is 13.6. The van der Waals surface area contributed by atoms with E-state index >= 15 is 0 Å². The molecule has 3 rings (SSSR count). The first-order valence-electron chi connectivity index (χ1n) is 10.6. The largest absolute Gasteiger partial charge is 0.503 e. The van der Waals surface area contributed by atoms with Gasteiger partial charge < -0.3 is 14.6 Å². The smallest absolute Gasteiger partial charge is 0.265 e. The fraction of sp³-hybridized carbons (Fsp3) is 0.360. The second kappa shape index (κ2) is 10.9. The number of hydrogen-bond donors (Lipinski definition) is 2. The van der Waals surface area contributed by atoms with Crippen molar-refractivity contribution >= 4 is 39.8 Å². The summed E-state index contributed by atoms with van der Waals surface area (Å²) in [6.45, 7) is 1.92. The van der Waals surface area contributed by atoms with Crippen molar-refractivity contribution in [1.82, 2.24) is 4.98 Å². The molecule has 0 radical (unpaired) electrons. The van der Waals surface area contributed by atoms with Gasteiger partial charge in [0.2, 0.25) is 11.6 Å². The number of H-pyrrole nitrogens is 1. The van der Waals surface area contributed by atoms with Crippen molar-refractivity contribution in [3.63, 3.8) is 0 Å². The monoisotopic (exact) mass is 491 g/mol. The number of nitrogens with one attached hydrogen (secondary N) is 1. The third-order valence-electron chi connectivity index (χ3n) is 5.85. The number of Topliss-reactive ketones (excluding diaryl/α,β-unsaturated/α-hetero) is 1. The van der Waals surface area contributed by atoms with E-state index in [0.717, 1.165) is 16.3 Å². The molecular formula is C25H27Cl2NO5. The van der Waals surface area contributed by atoms with Gasteiger partial charge in [-0.2, -0.15) is 0 Å². The van der Waals surface area contributed by atoms with Gasteiger partial charge >= 0.3 is 0 Å². The lowest BCUT2D eigenvalue weighted by Crippen LogP contribution is -2.29. The highest BCUT2D eigenvalue weighted by atomic mass is 35.5. The molecule has 6 nitrogen and oxygen atoms in total. The van der Waals surface area contributed by atoms with Crippen molar-refractivity contribution in [3.05, 3.63) is 63.9 Å². The molecule has 0 bridgehead atoms. The van der Waals surface area contributed by atoms with E-state index in [1.807, 2.05) is 49.4 Å². The number of hydrogen-bond acceptors (Lipinski definition) is 5. The number of aromatic nitrogens is 1. The summed E-state index contributed by atoms with van der Waals surface area (Å²) in [6, 6.07) is 13.9. The van der Waals surface area contributed by atoms with Gasteiger partial charge in [-0.25, -0.2) is 0 Å². The SMILES string of the molecule is COc1[nH]c(=O)c(C(=O)[C@@H](Cc2ccc3ccccc3c2)C[C@H](C)[C@@H](Cl)CCl)c(O)c1OC. The number of carbonyl (C=O) groups excluding carboxylic acids is 1. The number of alkyl halides is 2. The number of rotatable bonds is 10. The lowest BCUT2D eigenvalue weighted by atomic mass is 9.83. The predicted octanol–water partition coefficient (Wildman–Crippen LogP) is 5.16. The summed E-state index contributed by atoms with van der Waals surface area (Å²) in [5.41, 5.74) is -0.165. The Labute approximate surface area is 202 Å². The molecule has 3 atom stereocenters. The average molecular weight is 492 g/mol. The number of methoxy groups -OCH3 is 2. The van der Waals surface area contributed by atoms with Gasteiger partial charge in [0.1, 0.15) is 5.56 Å². The Morgan fingerprint density at radius 2 is 1.82 bits per heavy atom. The van der Waals surface area contributed by atoms with Crippen LogP contribution in [0.2, 0.25) is 0 Å². The molecule has 176 valence electrons. The van der Waals surface area contributed by atoms with Crippen LogP contribution in [0, 0.1) is 11.8 Å². The van der Waals surface area contributed by atoms with Gasteiger partial charge in [0.15, 0.2) is 11.5 Å². The molecule has 0 spiro atoms. The van der Waals surface area contributed by atoms with Crippen molar-refractivity contribution in [2.45, 2.75) is 25.1 Å². The number of aromatic amines is 1. The first-order valence-corrected chi connectivity index (χ1v) is 11.6. The molecule has 33 heavy (non-hydrogen) atoms. The maximum absolute atomic E-state index is 13.6. The fourth-order valence-electron chi connectivity index (χ4n) is 4.00. The third-order valence-corrected chi connectivity index (χ3v) is 6.93. The second-order valence-electron chi connectivity index (χ2n) is 8.07. The molecule has 1 aromatic heterocycles. The fourth-order valence-corrected chi connectivity index (χ4v) is 4.41. The molecule has 1 heterocycles. The van der Waals surface area contributed by atoms with Crippen LogP contribution >= 0.6 is 23.2 Å². The molecule has 0 saturated heterocycles. The number of fused-ring (bicyclic) bond motifs is 1. The van der Waals surface area contributed by atoms with Crippen LogP contribution in [-0.4, -0.2) is 41.4 Å². The summed E-state index contributed by atoms with van der Waals surface area (Å²) >= 11 is 12.3. The van der Waals surface area contributed by atoms with Gasteiger partial charge in [-0.1, -0.05) is 49.4 Å². The summed E-state index contributed by atoms with van der Waals surface area (Å²) in [6.07, 6.45) is 0.757. The molecule has 0 fully saturated rings. The maximum Gasteiger partial charge on any atom is 0.265 e. The minimum Gasteiger partial charge on any atom is -0.503 e. The van der Waals surface area contributed by atoms with E-state index in [9.17, 15) is 14.7 Å². The Balaban J connectivity index is 2.03. The minimum absolute atomic E-state index is 0.0565. The highest BCUT2D eigenvalue weighted by Gasteiger charge is 2.31. The van der Waals surface area contributed by atoms with Crippen LogP contribution in [0.25, 0.3) is 10.8 Å². The minimum atomic E-state index is -0.744. The van der Waals surface area contributed by atoms with Crippen molar-refractivity contribution in [3.8, 4) is 17.4 Å². The predicted molar refractivity (Wildman–Crippen MR) is 131 cm³/mol. The Morgan fingerprint density at radius 1 is 1.12 bits per heavy atom. The van der Waals surface area contributed by atoms with E-state index in [-0.39, 0.29) is 34.4 Å². The number of ketones is 1. The van der Waals surface area contributed by atoms with Crippen LogP contribution in [0.5, 0.6) is 17.4 Å². The van der Waals surface area contributed by atoms with E-state index in [1.54, 1.807) is 0 Å². The van der Waals surface area contributed by atoms with Crippen molar-refractivity contribution < 1.29 is 19.4 Å². The standard InChI is InChI=1S/C25H27Cl2NO5/c1-14(19(27)13-26)10-18(12-15-8-9-16-6-4-5-7-17(16)11-15)21(29)20-22(30)23(32-2)25(33-3)28-24(20)31/h4-9,11,14,18-19H,10,12-13H2,1-3H3,(H2,28,30,31)/t14-,18+,19-/m0/s1. The first-order chi connectivity index (χ1) is 15.8. The zero-order chi connectivity index (χ0) is 24.1. The molecule has 0 saturated carbocycles. The van der Waals surface area contributed by atoms with Crippen LogP contribution in [0.15, 0.2) is 47.3 Å². The molecule has 0 aliphatic carbocycles. The lowest BCUT2D eigenvalue weighted by Gasteiger charge is -2.23. The van der Waals surface area contributed by atoms with Crippen LogP contribution in [0.3, 0.4) is 0 Å². The molecule has 2 N–H and O–H groups in total. The number of aromatic hydroxyl groups is 1. The Kier molecular flexibility index (Phi) is 8.27. The Bertz CT molecular complexity index is 1190. The van der Waals surface area contributed by atoms with Gasteiger partial charge in [0.05, 0.1) is 14.2 Å². The zero-order valence-electron chi connectivity index (χ0n) is 18.7. The molecule has 0 amide bonds. The highest BCUT2D eigenvalue weighted by molar-refractivity contribution is 6.28. The van der Waals surface area contributed by atoms with Gasteiger partial charge in [0, 0.05) is 17.2 Å². The summed E-state index contributed by atoms with van der Waals surface area (Å²) < 4.78 is 10.2. The second-order valence-corrected chi connectivity index (χ2v) is 8.94. The average Bonchev–Trinajstić information content (AvgIpc) is 2.82. The van der Waals surface area contributed by atoms with E-state index in [0.29, 0.717) is 12.8 Å². The topological polar surface area (TPSA) is 88.6 Å². The quantitative estimate of drug-likeness (QED) is 0.301. The first kappa shape index (κ1) is 24.9. The summed E-state index contributed by atoms with van der Waals surface area (Å²) in [4.78, 5) is 28.8. The molecule has 0 aliphatic heterocycles. The Hall–Kier alpha value is -2.70. The number of halogens is 2. The van der Waals surface area contributed by atoms with Gasteiger partial charge in [0.25, 0.3) is 5.56 Å². The highest BCUT2D eigenvalue weighted by Crippen LogP contribution is 2.37. The van der Waals surface area contributed by atoms with Crippen LogP contribution in [0.1, 0.15) is 29.3 Å². The molecule has 3 aromatic rings. The van der Waals surface area contributed by atoms with Crippen LogP contribution in [-0.2, 0) is 6.42 Å². The lowest BCUT2D eigenvalue weighted by molar-refractivity contribution is 0.0895. The van der Waals surface area contributed by atoms with Crippen molar-refractivity contribution in [2.24, 2.45) is 11.8 Å². The molecule has 8 heteroatoms. The van der Waals surface area contributed by atoms with Crippen molar-refractivity contribution in [2.75, 3.05) is 20.1 Å². The number of pyridine rings is 1. The molecule has 0 aliphatic rings. The van der Waals surface area contributed by atoms with E-state index in [2.05, 4.69) is 4.98 Å². The zero-order valence-corrected chi connectivity index (χ0v) is 20.2. The number of ether oxygens (including phenoxy) is 2. The molecule has 2 aromatic carbocycles. The van der Waals surface area contributed by atoms with Gasteiger partial charge in [-0.05, 0) is 35.1 Å². The molecular weight excluding hydrogens is 465 g/mol. The normalized spacial score (nSPS) is 14.0. The van der Waals surface area contributed by atoms with Crippen LogP contribution in [0.4, 0.5) is 0 Å². The summed E-state index contributed by atoms with van der Waals surface area (Å²) in [7, 11) is 2.64. The van der Waals surface area contributed by atoms with Gasteiger partial charge in [-0.15, -0.1) is 23.2 Å². The van der Waals surface area contributed by atoms with Crippen molar-refractivity contribution in [1.29, 1.82) is 0 Å². The summed E-state index contributed by atoms with van der Waals surface area (Å²) in [5, 5.41) is 12.5. The third kappa shape index (κ3) is 5.45. The molecule has 0 unspecified atom stereocenters. The number of carbonyl (C=O) groups is 1. The van der Waals surface area contributed by atoms with Crippen LogP contribution < -0.4 is 15.0 Å². The van der Waals surface area contributed by atoms with Gasteiger partial charge in [-0.3, -0.25) is 14.6 Å². The number of benzene rings is 2.